The topological polar surface area (TPSA) is 123 Å². The largest absolute Gasteiger partial charge is 0.427 e. The van der Waals surface area contributed by atoms with Gasteiger partial charge in [0.05, 0.1) is 18.2 Å². The number of hydrogen-bond acceptors (Lipinski definition) is 8. The van der Waals surface area contributed by atoms with Crippen LogP contribution in [0.5, 0.6) is 0 Å². The first-order chi connectivity index (χ1) is 17.5. The third-order valence-electron chi connectivity index (χ3n) is 5.60. The van der Waals surface area contributed by atoms with E-state index in [2.05, 4.69) is 31.7 Å². The predicted octanol–water partition coefficient (Wildman–Crippen LogP) is 3.72. The summed E-state index contributed by atoms with van der Waals surface area (Å²) in [6, 6.07) is 5.62. The Labute approximate surface area is 215 Å². The van der Waals surface area contributed by atoms with Gasteiger partial charge in [-0.05, 0) is 31.3 Å². The first-order valence-corrected chi connectivity index (χ1v) is 11.8. The van der Waals surface area contributed by atoms with Crippen molar-refractivity contribution in [1.29, 1.82) is 5.26 Å². The number of thiazole rings is 1. The van der Waals surface area contributed by atoms with Gasteiger partial charge in [-0.25, -0.2) is 9.98 Å². The molecule has 13 heteroatoms. The highest BCUT2D eigenvalue weighted by Crippen LogP contribution is 2.42. The molecule has 2 amide bonds. The van der Waals surface area contributed by atoms with E-state index in [9.17, 15) is 28.0 Å². The third kappa shape index (κ3) is 6.66. The Morgan fingerprint density at radius 3 is 2.68 bits per heavy atom. The summed E-state index contributed by atoms with van der Waals surface area (Å²) in [6.07, 6.45) is 3.60. The minimum Gasteiger partial charge on any atom is -0.309 e. The molecule has 2 aromatic rings. The number of carbonyl (C=O) groups excluding carboxylic acids is 2. The number of amidine groups is 1. The number of aromatic nitrogens is 2. The summed E-state index contributed by atoms with van der Waals surface area (Å²) in [7, 11) is 3.67. The van der Waals surface area contributed by atoms with Crippen LogP contribution in [0.15, 0.2) is 54.1 Å². The van der Waals surface area contributed by atoms with E-state index < -0.39 is 34.2 Å². The van der Waals surface area contributed by atoms with Gasteiger partial charge in [-0.15, -0.1) is 0 Å². The van der Waals surface area contributed by atoms with E-state index in [1.54, 1.807) is 30.6 Å². The highest BCUT2D eigenvalue weighted by molar-refractivity contribution is 7.15. The summed E-state index contributed by atoms with van der Waals surface area (Å²) in [5.74, 6) is -2.47. The van der Waals surface area contributed by atoms with Crippen molar-refractivity contribution in [3.63, 3.8) is 0 Å². The number of likely N-dealkylation sites (N-methyl/N-ethyl adjacent to an activating group) is 1. The van der Waals surface area contributed by atoms with Gasteiger partial charge in [0, 0.05) is 37.6 Å². The van der Waals surface area contributed by atoms with Crippen molar-refractivity contribution in [2.45, 2.75) is 19.5 Å². The Hall–Kier alpha value is -3.89. The summed E-state index contributed by atoms with van der Waals surface area (Å²) < 4.78 is 38.9. The van der Waals surface area contributed by atoms with E-state index in [1.165, 1.54) is 19.2 Å². The molecule has 37 heavy (non-hydrogen) atoms. The number of halogens is 3. The normalized spacial score (nSPS) is 18.6. The van der Waals surface area contributed by atoms with E-state index in [0.29, 0.717) is 23.9 Å². The number of hydrogen-bond donors (Lipinski definition) is 2. The van der Waals surface area contributed by atoms with Gasteiger partial charge >= 0.3 is 6.18 Å². The number of allylic oxidation sites excluding steroid dienone is 1. The quantitative estimate of drug-likeness (QED) is 0.525. The summed E-state index contributed by atoms with van der Waals surface area (Å²) in [6.45, 7) is 1.95. The van der Waals surface area contributed by atoms with E-state index in [-0.39, 0.29) is 28.7 Å². The lowest BCUT2D eigenvalue weighted by Gasteiger charge is -2.35. The second-order valence-corrected chi connectivity index (χ2v) is 9.56. The average Bonchev–Trinajstić information content (AvgIpc) is 3.33. The molecule has 0 fully saturated rings. The Bertz CT molecular complexity index is 1280. The van der Waals surface area contributed by atoms with Gasteiger partial charge in [0.1, 0.15) is 16.1 Å². The van der Waals surface area contributed by atoms with Crippen molar-refractivity contribution in [2.24, 2.45) is 16.3 Å². The van der Waals surface area contributed by atoms with Crippen molar-refractivity contribution in [2.75, 3.05) is 26.0 Å². The van der Waals surface area contributed by atoms with Crippen LogP contribution < -0.4 is 10.6 Å². The second kappa shape index (κ2) is 11.4. The Kier molecular flexibility index (Phi) is 8.57. The molecule has 0 spiro atoms. The number of alkyl halides is 3. The number of carbonyl (C=O) groups is 2. The molecule has 0 saturated carbocycles. The van der Waals surface area contributed by atoms with Crippen molar-refractivity contribution in [1.82, 2.24) is 20.2 Å². The fourth-order valence-electron chi connectivity index (χ4n) is 3.54. The smallest absolute Gasteiger partial charge is 0.309 e. The number of anilines is 1. The van der Waals surface area contributed by atoms with E-state index in [1.807, 2.05) is 19.0 Å². The molecule has 3 heterocycles. The molecule has 0 radical (unpaired) electrons. The van der Waals surface area contributed by atoms with Crippen LogP contribution in [0.4, 0.5) is 18.3 Å². The molecule has 3 rings (SSSR count). The second-order valence-electron chi connectivity index (χ2n) is 8.53. The number of nitrogens with zero attached hydrogens (tertiary/aromatic N) is 5. The van der Waals surface area contributed by atoms with Crippen LogP contribution in [0.25, 0.3) is 5.57 Å². The molecule has 2 N–H and O–H groups in total. The summed E-state index contributed by atoms with van der Waals surface area (Å²) in [4.78, 5) is 38.6. The summed E-state index contributed by atoms with van der Waals surface area (Å²) in [5.41, 5.74) is -0.368. The molecule has 0 aliphatic carbocycles. The number of pyridine rings is 1. The summed E-state index contributed by atoms with van der Waals surface area (Å²) >= 11 is 0.275. The number of amides is 2. The molecule has 0 saturated heterocycles. The van der Waals surface area contributed by atoms with Crippen LogP contribution in [-0.4, -0.2) is 53.2 Å². The maximum absolute atomic E-state index is 13.2. The lowest BCUT2D eigenvalue weighted by atomic mass is 9.69. The average molecular weight is 532 g/mol. The minimum atomic E-state index is -4.60. The van der Waals surface area contributed by atoms with E-state index >= 15 is 0 Å². The SMILES string of the molecule is CC(C(=O)Nc1ncc(C(F)(F)F)s1)C1(C#N)CC(c2cccnc2)=CN=C1NC(=O)/C=C/CN(C)C. The number of aliphatic imine (C=N–C) groups is 1. The molecule has 0 aromatic carbocycles. The van der Waals surface area contributed by atoms with Crippen LogP contribution in [0.1, 0.15) is 23.8 Å². The standard InChI is InChI=1S/C24H24F3N7O2S/c1-15(20(36)33-22-31-13-18(37-22)24(25,26)27)23(14-28)10-17(16-6-4-8-29-11-16)12-30-21(23)32-19(35)7-5-9-34(2)3/h4-8,11-13,15H,9-10H2,1-3H3,(H,30,32,35)(H,31,33,36)/b7-5+. The Balaban J connectivity index is 1.93. The Morgan fingerprint density at radius 2 is 2.08 bits per heavy atom. The number of nitriles is 1. The van der Waals surface area contributed by atoms with Crippen LogP contribution in [0.2, 0.25) is 0 Å². The van der Waals surface area contributed by atoms with Gasteiger partial charge in [0.15, 0.2) is 5.13 Å². The molecule has 1 aliphatic heterocycles. The van der Waals surface area contributed by atoms with Gasteiger partial charge in [0.25, 0.3) is 0 Å². The van der Waals surface area contributed by atoms with Crippen LogP contribution in [-0.2, 0) is 15.8 Å². The molecule has 194 valence electrons. The fourth-order valence-corrected chi connectivity index (χ4v) is 4.22. The third-order valence-corrected chi connectivity index (χ3v) is 6.56. The fraction of sp³-hybridized carbons (Fsp3) is 0.333. The first-order valence-electron chi connectivity index (χ1n) is 11.0. The first kappa shape index (κ1) is 27.7. The van der Waals surface area contributed by atoms with Crippen molar-refractivity contribution < 1.29 is 22.8 Å². The molecule has 2 atom stereocenters. The molecular weight excluding hydrogens is 507 g/mol. The van der Waals surface area contributed by atoms with Crippen molar-refractivity contribution in [3.8, 4) is 6.07 Å². The number of nitrogens with one attached hydrogen (secondary N) is 2. The maximum atomic E-state index is 13.2. The highest BCUT2D eigenvalue weighted by Gasteiger charge is 2.48. The minimum absolute atomic E-state index is 0.00399. The molecule has 2 unspecified atom stereocenters. The van der Waals surface area contributed by atoms with Gasteiger partial charge in [0.2, 0.25) is 11.8 Å². The van der Waals surface area contributed by atoms with Gasteiger partial charge in [-0.3, -0.25) is 14.6 Å². The molecule has 0 bridgehead atoms. The lowest BCUT2D eigenvalue weighted by molar-refractivity contribution is -0.134. The highest BCUT2D eigenvalue weighted by atomic mass is 32.1. The molecule has 9 nitrogen and oxygen atoms in total. The molecule has 1 aliphatic rings. The van der Waals surface area contributed by atoms with Crippen LogP contribution in [0.3, 0.4) is 0 Å². The number of rotatable bonds is 7. The predicted molar refractivity (Wildman–Crippen MR) is 133 cm³/mol. The van der Waals surface area contributed by atoms with Gasteiger partial charge in [-0.2, -0.15) is 18.4 Å². The lowest BCUT2D eigenvalue weighted by Crippen LogP contribution is -2.50. The zero-order valence-corrected chi connectivity index (χ0v) is 21.0. The molecular formula is C24H24F3N7O2S. The van der Waals surface area contributed by atoms with E-state index in [0.717, 1.165) is 0 Å². The Morgan fingerprint density at radius 1 is 1.32 bits per heavy atom. The maximum Gasteiger partial charge on any atom is 0.427 e. The van der Waals surface area contributed by atoms with Gasteiger partial charge in [-0.1, -0.05) is 30.4 Å². The van der Waals surface area contributed by atoms with Crippen molar-refractivity contribution >= 4 is 39.7 Å². The van der Waals surface area contributed by atoms with Crippen LogP contribution in [0, 0.1) is 22.7 Å². The summed E-state index contributed by atoms with van der Waals surface area (Å²) in [5, 5.41) is 15.1. The van der Waals surface area contributed by atoms with Crippen LogP contribution >= 0.6 is 11.3 Å². The van der Waals surface area contributed by atoms with Gasteiger partial charge < -0.3 is 15.5 Å². The molecule has 2 aromatic heterocycles. The zero-order chi connectivity index (χ0) is 27.2. The van der Waals surface area contributed by atoms with E-state index in [4.69, 9.17) is 0 Å². The monoisotopic (exact) mass is 531 g/mol. The van der Waals surface area contributed by atoms with Crippen molar-refractivity contribution in [3.05, 3.63) is 59.5 Å². The zero-order valence-electron chi connectivity index (χ0n) is 20.2.